The Morgan fingerprint density at radius 1 is 1.24 bits per heavy atom. The van der Waals surface area contributed by atoms with Crippen LogP contribution in [0.3, 0.4) is 0 Å². The molecule has 1 amide bonds. The molecule has 2 N–H and O–H groups in total. The van der Waals surface area contributed by atoms with Crippen molar-refractivity contribution in [2.75, 3.05) is 23.3 Å². The summed E-state index contributed by atoms with van der Waals surface area (Å²) in [5.41, 5.74) is 4.34. The predicted molar refractivity (Wildman–Crippen MR) is 131 cm³/mol. The molecule has 9 nitrogen and oxygen atoms in total. The van der Waals surface area contributed by atoms with Gasteiger partial charge in [-0.3, -0.25) is 14.5 Å². The van der Waals surface area contributed by atoms with Crippen molar-refractivity contribution >= 4 is 40.6 Å². The molecule has 1 aliphatic heterocycles. The molecule has 10 heteroatoms. The number of aliphatic hydroxyl groups excluding tert-OH is 1. The third-order valence-electron chi connectivity index (χ3n) is 6.24. The van der Waals surface area contributed by atoms with E-state index in [1.807, 2.05) is 36.0 Å². The minimum atomic E-state index is -0.375. The lowest BCUT2D eigenvalue weighted by molar-refractivity contribution is 0.102. The van der Waals surface area contributed by atoms with Crippen molar-refractivity contribution in [1.29, 1.82) is 0 Å². The summed E-state index contributed by atoms with van der Waals surface area (Å²) >= 11 is 0. The summed E-state index contributed by atoms with van der Waals surface area (Å²) in [7, 11) is 0. The van der Waals surface area contributed by atoms with Gasteiger partial charge in [-0.25, -0.2) is 4.98 Å². The Kier molecular flexibility index (Phi) is 5.75. The van der Waals surface area contributed by atoms with E-state index in [2.05, 4.69) is 25.3 Å². The Morgan fingerprint density at radius 3 is 2.82 bits per heavy atom. The van der Waals surface area contributed by atoms with Gasteiger partial charge in [0.05, 0.1) is 35.2 Å². The summed E-state index contributed by atoms with van der Waals surface area (Å²) in [5.74, 6) is 0.0180. The van der Waals surface area contributed by atoms with Gasteiger partial charge in [0, 0.05) is 35.9 Å². The Bertz CT molecular complexity index is 1360. The molecule has 0 radical (unpaired) electrons. The Hall–Kier alpha value is -3.43. The first-order chi connectivity index (χ1) is 16.0. The molecule has 6 rings (SSSR count). The zero-order valence-electron chi connectivity index (χ0n) is 18.6. The average molecular weight is 481 g/mol. The van der Waals surface area contributed by atoms with E-state index >= 15 is 0 Å². The second-order valence-corrected chi connectivity index (χ2v) is 8.81. The summed E-state index contributed by atoms with van der Waals surface area (Å²) in [6.45, 7) is 3.14. The number of aliphatic hydroxyl groups is 1. The number of fused-ring (bicyclic) bond motifs is 1. The van der Waals surface area contributed by atoms with E-state index < -0.39 is 0 Å². The van der Waals surface area contributed by atoms with Crippen LogP contribution < -0.4 is 10.2 Å². The minimum absolute atomic E-state index is 0. The molecule has 2 fully saturated rings. The molecule has 1 unspecified atom stereocenters. The summed E-state index contributed by atoms with van der Waals surface area (Å²) in [6, 6.07) is 8.10. The highest BCUT2D eigenvalue weighted by molar-refractivity contribution is 6.06. The maximum atomic E-state index is 13.1. The first-order valence-electron chi connectivity index (χ1n) is 11.2. The fourth-order valence-electron chi connectivity index (χ4n) is 4.39. The number of carbonyl (C=O) groups excluding carboxylic acids is 1. The van der Waals surface area contributed by atoms with Crippen LogP contribution in [0, 0.1) is 6.92 Å². The first kappa shape index (κ1) is 22.4. The van der Waals surface area contributed by atoms with Crippen LogP contribution in [0.4, 0.5) is 11.4 Å². The fourth-order valence-corrected chi connectivity index (χ4v) is 4.39. The van der Waals surface area contributed by atoms with Crippen molar-refractivity contribution in [2.24, 2.45) is 0 Å². The number of pyridine rings is 1. The Labute approximate surface area is 202 Å². The Morgan fingerprint density at radius 2 is 2.09 bits per heavy atom. The van der Waals surface area contributed by atoms with Gasteiger partial charge in [0.15, 0.2) is 5.69 Å². The standard InChI is InChI=1S/C24H24N6O3.ClH/c1-14-8-15(4-6-25-14)24-28-20(13-33-24)23(32)27-19-10-21-16(11-26-30(21)17-2-3-17)9-22(19)29-7-5-18(31)12-29;/h4,6,8-11,13,17-18,31H,2-3,5,7,12H2,1H3,(H,27,32);1H. The molecule has 1 atom stereocenters. The van der Waals surface area contributed by atoms with Crippen LogP contribution >= 0.6 is 12.4 Å². The molecule has 0 spiro atoms. The van der Waals surface area contributed by atoms with E-state index in [4.69, 9.17) is 4.42 Å². The number of β-amino-alcohol motifs (C(OH)–C–C–N with tert-alkyl or cyclic N) is 1. The number of aromatic nitrogens is 4. The number of nitrogens with zero attached hydrogens (tertiary/aromatic N) is 5. The van der Waals surface area contributed by atoms with E-state index in [0.717, 1.165) is 47.2 Å². The number of halogens is 1. The normalized spacial score (nSPS) is 17.7. The van der Waals surface area contributed by atoms with Crippen molar-refractivity contribution in [2.45, 2.75) is 38.3 Å². The number of carbonyl (C=O) groups is 1. The van der Waals surface area contributed by atoms with Gasteiger partial charge in [0.1, 0.15) is 6.26 Å². The van der Waals surface area contributed by atoms with Gasteiger partial charge in [-0.15, -0.1) is 12.4 Å². The first-order valence-corrected chi connectivity index (χ1v) is 11.2. The summed E-state index contributed by atoms with van der Waals surface area (Å²) in [5, 5.41) is 18.7. The zero-order valence-corrected chi connectivity index (χ0v) is 19.5. The number of rotatable bonds is 5. The molecule has 1 saturated carbocycles. The molecular weight excluding hydrogens is 456 g/mol. The van der Waals surface area contributed by atoms with Crippen molar-refractivity contribution < 1.29 is 14.3 Å². The lowest BCUT2D eigenvalue weighted by atomic mass is 10.1. The van der Waals surface area contributed by atoms with E-state index in [-0.39, 0.29) is 30.1 Å². The van der Waals surface area contributed by atoms with Crippen LogP contribution in [0.1, 0.15) is 41.5 Å². The lowest BCUT2D eigenvalue weighted by Crippen LogP contribution is -2.23. The van der Waals surface area contributed by atoms with Crippen molar-refractivity contribution in [3.05, 3.63) is 54.3 Å². The maximum Gasteiger partial charge on any atom is 0.277 e. The molecule has 176 valence electrons. The smallest absolute Gasteiger partial charge is 0.277 e. The van der Waals surface area contributed by atoms with E-state index in [1.165, 1.54) is 6.26 Å². The molecule has 1 aromatic carbocycles. The Balaban J connectivity index is 0.00000241. The number of benzene rings is 1. The molecule has 34 heavy (non-hydrogen) atoms. The van der Waals surface area contributed by atoms with Crippen LogP contribution in [-0.4, -0.2) is 50.0 Å². The van der Waals surface area contributed by atoms with Gasteiger partial charge in [0.2, 0.25) is 5.89 Å². The second-order valence-electron chi connectivity index (χ2n) is 8.81. The molecule has 4 aromatic rings. The largest absolute Gasteiger partial charge is 0.444 e. The van der Waals surface area contributed by atoms with Gasteiger partial charge in [-0.1, -0.05) is 0 Å². The molecule has 4 heterocycles. The second kappa shape index (κ2) is 8.73. The number of hydrogen-bond acceptors (Lipinski definition) is 7. The molecule has 1 saturated heterocycles. The molecule has 3 aromatic heterocycles. The van der Waals surface area contributed by atoms with Crippen LogP contribution in [-0.2, 0) is 0 Å². The van der Waals surface area contributed by atoms with Crippen LogP contribution in [0.25, 0.3) is 22.4 Å². The van der Waals surface area contributed by atoms with Gasteiger partial charge in [-0.05, 0) is 50.5 Å². The monoisotopic (exact) mass is 480 g/mol. The predicted octanol–water partition coefficient (Wildman–Crippen LogP) is 3.97. The SMILES string of the molecule is Cc1cc(-c2nc(C(=O)Nc3cc4c(cnn4C4CC4)cc3N3CCC(O)C3)co2)ccn1.Cl. The van der Waals surface area contributed by atoms with Gasteiger partial charge < -0.3 is 19.7 Å². The van der Waals surface area contributed by atoms with Crippen LogP contribution in [0.5, 0.6) is 0 Å². The summed E-state index contributed by atoms with van der Waals surface area (Å²) in [6.07, 6.45) is 7.49. The van der Waals surface area contributed by atoms with Crippen LogP contribution in [0.2, 0.25) is 0 Å². The van der Waals surface area contributed by atoms with Crippen molar-refractivity contribution in [3.63, 3.8) is 0 Å². The van der Waals surface area contributed by atoms with E-state index in [9.17, 15) is 9.90 Å². The lowest BCUT2D eigenvalue weighted by Gasteiger charge is -2.22. The fraction of sp³-hybridized carbons (Fsp3) is 0.333. The van der Waals surface area contributed by atoms with Gasteiger partial charge in [-0.2, -0.15) is 5.10 Å². The highest BCUT2D eigenvalue weighted by Gasteiger charge is 2.28. The number of aryl methyl sites for hydroxylation is 1. The number of oxazole rings is 1. The van der Waals surface area contributed by atoms with Gasteiger partial charge >= 0.3 is 0 Å². The molecule has 0 bridgehead atoms. The zero-order chi connectivity index (χ0) is 22.5. The number of hydrogen-bond donors (Lipinski definition) is 2. The van der Waals surface area contributed by atoms with Crippen LogP contribution in [0.15, 0.2) is 47.3 Å². The van der Waals surface area contributed by atoms with E-state index in [1.54, 1.807) is 12.3 Å². The quantitative estimate of drug-likeness (QED) is 0.444. The number of anilines is 2. The van der Waals surface area contributed by atoms with Crippen molar-refractivity contribution in [3.8, 4) is 11.5 Å². The highest BCUT2D eigenvalue weighted by Crippen LogP contribution is 2.40. The molecule has 1 aliphatic carbocycles. The molecule has 2 aliphatic rings. The maximum absolute atomic E-state index is 13.1. The number of amides is 1. The highest BCUT2D eigenvalue weighted by atomic mass is 35.5. The minimum Gasteiger partial charge on any atom is -0.444 e. The van der Waals surface area contributed by atoms with E-state index in [0.29, 0.717) is 30.6 Å². The summed E-state index contributed by atoms with van der Waals surface area (Å²) in [4.78, 5) is 23.8. The molecular formula is C24H25ClN6O3. The van der Waals surface area contributed by atoms with Crippen molar-refractivity contribution in [1.82, 2.24) is 19.7 Å². The van der Waals surface area contributed by atoms with Gasteiger partial charge in [0.25, 0.3) is 5.91 Å². The topological polar surface area (TPSA) is 109 Å². The third-order valence-corrected chi connectivity index (χ3v) is 6.24. The third kappa shape index (κ3) is 4.12. The summed E-state index contributed by atoms with van der Waals surface area (Å²) < 4.78 is 7.60. The average Bonchev–Trinajstić information content (AvgIpc) is 3.20. The number of nitrogens with one attached hydrogen (secondary N) is 1.